The van der Waals surface area contributed by atoms with Crippen LogP contribution >= 0.6 is 11.8 Å². The molecule has 0 spiro atoms. The van der Waals surface area contributed by atoms with Gasteiger partial charge < -0.3 is 10.6 Å². The highest BCUT2D eigenvalue weighted by Crippen LogP contribution is 2.32. The third-order valence-corrected chi connectivity index (χ3v) is 8.13. The molecular formula is C27H51N3O3S. The number of likely N-dealkylation sites (tertiary alicyclic amines) is 1. The van der Waals surface area contributed by atoms with Crippen LogP contribution in [0.1, 0.15) is 104 Å². The van der Waals surface area contributed by atoms with Crippen molar-refractivity contribution in [2.75, 3.05) is 32.4 Å². The number of hydrogen-bond donors (Lipinski definition) is 2. The van der Waals surface area contributed by atoms with E-state index in [9.17, 15) is 14.4 Å². The molecule has 1 heterocycles. The Kier molecular flexibility index (Phi) is 17.4. The van der Waals surface area contributed by atoms with Crippen molar-refractivity contribution in [2.24, 2.45) is 11.8 Å². The average Bonchev–Trinajstić information content (AvgIpc) is 3.12. The quantitative estimate of drug-likeness (QED) is 0.228. The number of rotatable bonds is 16. The summed E-state index contributed by atoms with van der Waals surface area (Å²) in [6, 6.07) is 0. The van der Waals surface area contributed by atoms with Crippen molar-refractivity contribution >= 4 is 29.5 Å². The third kappa shape index (κ3) is 11.6. The molecule has 6 nitrogen and oxygen atoms in total. The second-order valence-corrected chi connectivity index (χ2v) is 10.8. The number of carbonyl (C=O) groups is 3. The highest BCUT2D eigenvalue weighted by atomic mass is 32.2. The fourth-order valence-corrected chi connectivity index (χ4v) is 5.92. The van der Waals surface area contributed by atoms with Crippen LogP contribution in [0, 0.1) is 11.8 Å². The summed E-state index contributed by atoms with van der Waals surface area (Å²) >= 11 is 1.65. The van der Waals surface area contributed by atoms with E-state index in [1.807, 2.05) is 20.9 Å². The Labute approximate surface area is 213 Å². The van der Waals surface area contributed by atoms with Crippen LogP contribution in [0.5, 0.6) is 0 Å². The van der Waals surface area contributed by atoms with Crippen LogP contribution in [0.4, 0.5) is 0 Å². The third-order valence-electron chi connectivity index (χ3n) is 6.83. The maximum Gasteiger partial charge on any atom is 0.242 e. The zero-order valence-electron chi connectivity index (χ0n) is 22.3. The molecule has 34 heavy (non-hydrogen) atoms. The smallest absolute Gasteiger partial charge is 0.242 e. The molecular weight excluding hydrogens is 446 g/mol. The van der Waals surface area contributed by atoms with E-state index in [1.165, 1.54) is 30.6 Å². The van der Waals surface area contributed by atoms with Crippen LogP contribution in [-0.4, -0.2) is 60.3 Å². The maximum absolute atomic E-state index is 12.8. The van der Waals surface area contributed by atoms with E-state index in [4.69, 9.17) is 0 Å². The number of unbranched alkanes of at least 4 members (excludes halogenated alkanes) is 6. The lowest BCUT2D eigenvalue weighted by Crippen LogP contribution is -2.39. The Hall–Kier alpha value is -1.08. The number of amides is 3. The van der Waals surface area contributed by atoms with Crippen molar-refractivity contribution in [3.63, 3.8) is 0 Å². The fraction of sp³-hybridized carbons (Fsp3) is 0.889. The van der Waals surface area contributed by atoms with Crippen LogP contribution in [0.3, 0.4) is 0 Å². The van der Waals surface area contributed by atoms with Crippen molar-refractivity contribution in [3.05, 3.63) is 0 Å². The summed E-state index contributed by atoms with van der Waals surface area (Å²) < 4.78 is 0. The molecule has 0 aromatic carbocycles. The zero-order valence-corrected chi connectivity index (χ0v) is 23.1. The van der Waals surface area contributed by atoms with Gasteiger partial charge in [-0.3, -0.25) is 19.3 Å². The molecule has 1 unspecified atom stereocenters. The van der Waals surface area contributed by atoms with E-state index >= 15 is 0 Å². The molecule has 1 aliphatic carbocycles. The van der Waals surface area contributed by atoms with Crippen LogP contribution in [0.2, 0.25) is 0 Å². The zero-order chi connectivity index (χ0) is 25.2. The van der Waals surface area contributed by atoms with Crippen LogP contribution < -0.4 is 10.6 Å². The van der Waals surface area contributed by atoms with Crippen molar-refractivity contribution in [1.82, 2.24) is 15.5 Å². The first kappa shape index (κ1) is 31.0. The first-order valence-electron chi connectivity index (χ1n) is 13.9. The average molecular weight is 498 g/mol. The van der Waals surface area contributed by atoms with Gasteiger partial charge in [-0.05, 0) is 70.2 Å². The molecule has 0 bridgehead atoms. The Bertz CT molecular complexity index is 579. The van der Waals surface area contributed by atoms with Gasteiger partial charge in [0, 0.05) is 25.4 Å². The van der Waals surface area contributed by atoms with Crippen LogP contribution in [0.25, 0.3) is 0 Å². The minimum absolute atomic E-state index is 0.00868. The number of imide groups is 1. The normalized spacial score (nSPS) is 22.5. The monoisotopic (exact) mass is 497 g/mol. The molecule has 1 saturated heterocycles. The summed E-state index contributed by atoms with van der Waals surface area (Å²) in [6.45, 7) is 8.57. The van der Waals surface area contributed by atoms with Gasteiger partial charge in [0.2, 0.25) is 17.7 Å². The number of nitrogens with one attached hydrogen (secondary N) is 2. The molecule has 198 valence electrons. The van der Waals surface area contributed by atoms with E-state index in [0.717, 1.165) is 70.2 Å². The first-order chi connectivity index (χ1) is 16.6. The van der Waals surface area contributed by atoms with E-state index in [2.05, 4.69) is 17.6 Å². The van der Waals surface area contributed by atoms with Crippen molar-refractivity contribution < 1.29 is 14.4 Å². The lowest BCUT2D eigenvalue weighted by Gasteiger charge is -2.30. The second-order valence-electron chi connectivity index (χ2n) is 9.49. The van der Waals surface area contributed by atoms with E-state index < -0.39 is 0 Å². The molecule has 2 aliphatic rings. The predicted octanol–water partition coefficient (Wildman–Crippen LogP) is 5.16. The Morgan fingerprint density at radius 3 is 2.26 bits per heavy atom. The number of hydrogen-bond acceptors (Lipinski definition) is 5. The topological polar surface area (TPSA) is 78.5 Å². The maximum atomic E-state index is 12.8. The molecule has 2 fully saturated rings. The first-order valence-corrected chi connectivity index (χ1v) is 15.0. The molecule has 2 N–H and O–H groups in total. The molecule has 0 aromatic rings. The molecule has 1 saturated carbocycles. The second kappa shape index (κ2) is 19.1. The molecule has 3 amide bonds. The lowest BCUT2D eigenvalue weighted by atomic mass is 9.81. The highest BCUT2D eigenvalue weighted by Gasteiger charge is 2.40. The number of carbonyl (C=O) groups excluding carboxylic acids is 3. The summed E-state index contributed by atoms with van der Waals surface area (Å²) in [5, 5.41) is 6.07. The molecule has 0 aromatic heterocycles. The lowest BCUT2D eigenvalue weighted by molar-refractivity contribution is -0.139. The summed E-state index contributed by atoms with van der Waals surface area (Å²) in [5.41, 5.74) is 0. The van der Waals surface area contributed by atoms with Gasteiger partial charge in [0.25, 0.3) is 0 Å². The number of thioether (sulfide) groups is 1. The molecule has 0 radical (unpaired) electrons. The van der Waals surface area contributed by atoms with Gasteiger partial charge in [0.1, 0.15) is 0 Å². The van der Waals surface area contributed by atoms with Gasteiger partial charge in [-0.15, -0.1) is 11.8 Å². The van der Waals surface area contributed by atoms with Gasteiger partial charge in [0.05, 0.1) is 5.25 Å². The van der Waals surface area contributed by atoms with Crippen molar-refractivity contribution in [3.8, 4) is 0 Å². The summed E-state index contributed by atoms with van der Waals surface area (Å²) in [7, 11) is 1.96. The van der Waals surface area contributed by atoms with Crippen LogP contribution in [0.15, 0.2) is 0 Å². The molecule has 1 atom stereocenters. The SMILES string of the molecule is CC.CCCCCCCNC(=O)C1CCC(CN2C(=O)CC(SCCCCCNC)C2=O)CC1. The minimum atomic E-state index is -0.189. The van der Waals surface area contributed by atoms with Crippen molar-refractivity contribution in [2.45, 2.75) is 109 Å². The summed E-state index contributed by atoms with van der Waals surface area (Å²) in [6.07, 6.45) is 13.4. The Morgan fingerprint density at radius 1 is 0.941 bits per heavy atom. The molecule has 7 heteroatoms. The highest BCUT2D eigenvalue weighted by molar-refractivity contribution is 8.00. The standard InChI is InChI=1S/C25H45N3O3S.C2H6/c1-3-4-5-6-9-16-27-24(30)21-13-11-20(12-14-21)19-28-23(29)18-22(25(28)31)32-17-10-7-8-15-26-2;1-2/h20-22,26H,3-19H2,1-2H3,(H,27,30);1-2H3. The van der Waals surface area contributed by atoms with Crippen molar-refractivity contribution in [1.29, 1.82) is 0 Å². The molecule has 1 aliphatic heterocycles. The van der Waals surface area contributed by atoms with Gasteiger partial charge in [-0.25, -0.2) is 0 Å². The predicted molar refractivity (Wildman–Crippen MR) is 144 cm³/mol. The van der Waals surface area contributed by atoms with Crippen LogP contribution in [-0.2, 0) is 14.4 Å². The Morgan fingerprint density at radius 2 is 1.59 bits per heavy atom. The van der Waals surface area contributed by atoms with Gasteiger partial charge >= 0.3 is 0 Å². The summed E-state index contributed by atoms with van der Waals surface area (Å²) in [5.74, 6) is 1.58. The van der Waals surface area contributed by atoms with E-state index in [-0.39, 0.29) is 28.9 Å². The molecule has 2 rings (SSSR count). The summed E-state index contributed by atoms with van der Waals surface area (Å²) in [4.78, 5) is 39.1. The minimum Gasteiger partial charge on any atom is -0.356 e. The fourth-order valence-electron chi connectivity index (χ4n) is 4.73. The van der Waals surface area contributed by atoms with Gasteiger partial charge in [0.15, 0.2) is 0 Å². The largest absolute Gasteiger partial charge is 0.356 e. The van der Waals surface area contributed by atoms with Gasteiger partial charge in [-0.2, -0.15) is 0 Å². The van der Waals surface area contributed by atoms with E-state index in [0.29, 0.717) is 18.9 Å². The van der Waals surface area contributed by atoms with E-state index in [1.54, 1.807) is 11.8 Å². The Balaban J connectivity index is 0.00000281. The number of nitrogens with zero attached hydrogens (tertiary/aromatic N) is 1. The van der Waals surface area contributed by atoms with Gasteiger partial charge in [-0.1, -0.05) is 52.9 Å².